The molecule has 0 aliphatic carbocycles. The minimum absolute atomic E-state index is 0.0980. The van der Waals surface area contributed by atoms with Gasteiger partial charge in [-0.3, -0.25) is 0 Å². The normalized spacial score (nSPS) is 13.3. The summed E-state index contributed by atoms with van der Waals surface area (Å²) in [5.74, 6) is 0. The van der Waals surface area contributed by atoms with Gasteiger partial charge in [-0.25, -0.2) is 0 Å². The number of nitrogens with zero attached hydrogens (tertiary/aromatic N) is 1. The molecule has 0 radical (unpaired) electrons. The SMILES string of the molecule is CCn1c(C)cc2c(C(C)N)cccc21. The van der Waals surface area contributed by atoms with E-state index in [0.717, 1.165) is 6.54 Å². The summed E-state index contributed by atoms with van der Waals surface area (Å²) in [6.07, 6.45) is 0. The number of hydrogen-bond acceptors (Lipinski definition) is 1. The molecule has 2 N–H and O–H groups in total. The van der Waals surface area contributed by atoms with Crippen LogP contribution in [0.1, 0.15) is 31.1 Å². The van der Waals surface area contributed by atoms with E-state index in [1.54, 1.807) is 0 Å². The van der Waals surface area contributed by atoms with E-state index in [9.17, 15) is 0 Å². The van der Waals surface area contributed by atoms with E-state index in [-0.39, 0.29) is 6.04 Å². The monoisotopic (exact) mass is 202 g/mol. The van der Waals surface area contributed by atoms with E-state index in [0.29, 0.717) is 0 Å². The van der Waals surface area contributed by atoms with Crippen molar-refractivity contribution < 1.29 is 0 Å². The highest BCUT2D eigenvalue weighted by Crippen LogP contribution is 2.26. The van der Waals surface area contributed by atoms with Crippen molar-refractivity contribution in [2.75, 3.05) is 0 Å². The summed E-state index contributed by atoms with van der Waals surface area (Å²) < 4.78 is 2.32. The second kappa shape index (κ2) is 3.70. The molecule has 15 heavy (non-hydrogen) atoms. The van der Waals surface area contributed by atoms with Crippen molar-refractivity contribution in [1.82, 2.24) is 4.57 Å². The largest absolute Gasteiger partial charge is 0.345 e. The summed E-state index contributed by atoms with van der Waals surface area (Å²) in [5.41, 5.74) is 9.81. The van der Waals surface area contributed by atoms with E-state index < -0.39 is 0 Å². The van der Waals surface area contributed by atoms with Crippen molar-refractivity contribution in [3.05, 3.63) is 35.5 Å². The average molecular weight is 202 g/mol. The van der Waals surface area contributed by atoms with Gasteiger partial charge in [0.2, 0.25) is 0 Å². The summed E-state index contributed by atoms with van der Waals surface area (Å²) in [6, 6.07) is 8.70. The molecule has 0 aliphatic heterocycles. The molecular weight excluding hydrogens is 184 g/mol. The van der Waals surface area contributed by atoms with Crippen molar-refractivity contribution >= 4 is 10.9 Å². The van der Waals surface area contributed by atoms with Crippen molar-refractivity contribution in [2.24, 2.45) is 5.73 Å². The fourth-order valence-electron chi connectivity index (χ4n) is 2.26. The lowest BCUT2D eigenvalue weighted by Gasteiger charge is -2.08. The maximum atomic E-state index is 5.97. The van der Waals surface area contributed by atoms with Crippen LogP contribution < -0.4 is 5.73 Å². The molecule has 2 rings (SSSR count). The van der Waals surface area contributed by atoms with Crippen molar-refractivity contribution in [3.63, 3.8) is 0 Å². The van der Waals surface area contributed by atoms with Gasteiger partial charge >= 0.3 is 0 Å². The number of fused-ring (bicyclic) bond motifs is 1. The first kappa shape index (κ1) is 10.2. The summed E-state index contributed by atoms with van der Waals surface area (Å²) in [7, 11) is 0. The molecule has 0 saturated heterocycles. The zero-order chi connectivity index (χ0) is 11.0. The predicted molar refractivity (Wildman–Crippen MR) is 65.0 cm³/mol. The van der Waals surface area contributed by atoms with Crippen LogP contribution in [0, 0.1) is 6.92 Å². The fraction of sp³-hybridized carbons (Fsp3) is 0.385. The summed E-state index contributed by atoms with van der Waals surface area (Å²) in [5, 5.41) is 1.30. The number of benzene rings is 1. The van der Waals surface area contributed by atoms with Gasteiger partial charge in [-0.1, -0.05) is 12.1 Å². The van der Waals surface area contributed by atoms with Gasteiger partial charge in [-0.15, -0.1) is 0 Å². The van der Waals surface area contributed by atoms with Gasteiger partial charge in [0.25, 0.3) is 0 Å². The van der Waals surface area contributed by atoms with E-state index in [1.807, 2.05) is 6.92 Å². The molecule has 0 fully saturated rings. The lowest BCUT2D eigenvalue weighted by Crippen LogP contribution is -2.05. The van der Waals surface area contributed by atoms with Crippen LogP contribution in [0.2, 0.25) is 0 Å². The topological polar surface area (TPSA) is 30.9 Å². The average Bonchev–Trinajstić information content (AvgIpc) is 2.52. The van der Waals surface area contributed by atoms with Gasteiger partial charge in [0.1, 0.15) is 0 Å². The van der Waals surface area contributed by atoms with Gasteiger partial charge in [0.15, 0.2) is 0 Å². The Kier molecular flexibility index (Phi) is 2.53. The standard InChI is InChI=1S/C13H18N2/c1-4-15-9(2)8-12-11(10(3)14)6-5-7-13(12)15/h5-8,10H,4,14H2,1-3H3. The Hall–Kier alpha value is -1.28. The Morgan fingerprint density at radius 2 is 2.13 bits per heavy atom. The van der Waals surface area contributed by atoms with Crippen LogP contribution >= 0.6 is 0 Å². The smallest absolute Gasteiger partial charge is 0.0485 e. The van der Waals surface area contributed by atoms with Gasteiger partial charge in [0, 0.05) is 29.2 Å². The van der Waals surface area contributed by atoms with Crippen LogP contribution in [0.15, 0.2) is 24.3 Å². The van der Waals surface area contributed by atoms with Crippen LogP contribution in [-0.4, -0.2) is 4.57 Å². The third-order valence-corrected chi connectivity index (χ3v) is 2.99. The molecule has 1 aromatic carbocycles. The first-order valence-electron chi connectivity index (χ1n) is 5.49. The second-order valence-electron chi connectivity index (χ2n) is 4.10. The minimum atomic E-state index is 0.0980. The predicted octanol–water partition coefficient (Wildman–Crippen LogP) is 2.99. The lowest BCUT2D eigenvalue weighted by molar-refractivity contribution is 0.769. The molecule has 0 amide bonds. The molecule has 0 bridgehead atoms. The Morgan fingerprint density at radius 1 is 1.40 bits per heavy atom. The fourth-order valence-corrected chi connectivity index (χ4v) is 2.26. The lowest BCUT2D eigenvalue weighted by atomic mass is 10.0. The Balaban J connectivity index is 2.77. The Morgan fingerprint density at radius 3 is 2.73 bits per heavy atom. The quantitative estimate of drug-likeness (QED) is 0.797. The third-order valence-electron chi connectivity index (χ3n) is 2.99. The zero-order valence-electron chi connectivity index (χ0n) is 9.62. The molecule has 2 heteroatoms. The van der Waals surface area contributed by atoms with Crippen LogP contribution in [-0.2, 0) is 6.54 Å². The van der Waals surface area contributed by atoms with E-state index >= 15 is 0 Å². The molecule has 0 aliphatic rings. The molecule has 1 aromatic heterocycles. The summed E-state index contributed by atoms with van der Waals surface area (Å²) in [6.45, 7) is 7.37. The molecule has 2 nitrogen and oxygen atoms in total. The van der Waals surface area contributed by atoms with Crippen LogP contribution in [0.3, 0.4) is 0 Å². The Bertz CT molecular complexity index is 480. The molecule has 80 valence electrons. The molecule has 0 spiro atoms. The Labute approximate surface area is 90.7 Å². The number of aryl methyl sites for hydroxylation is 2. The van der Waals surface area contributed by atoms with Crippen LogP contribution in [0.25, 0.3) is 10.9 Å². The van der Waals surface area contributed by atoms with E-state index in [4.69, 9.17) is 5.73 Å². The van der Waals surface area contributed by atoms with Gasteiger partial charge in [0.05, 0.1) is 0 Å². The highest BCUT2D eigenvalue weighted by molar-refractivity contribution is 5.85. The summed E-state index contributed by atoms with van der Waals surface area (Å²) in [4.78, 5) is 0. The maximum absolute atomic E-state index is 5.97. The molecule has 1 unspecified atom stereocenters. The summed E-state index contributed by atoms with van der Waals surface area (Å²) >= 11 is 0. The third kappa shape index (κ3) is 1.55. The van der Waals surface area contributed by atoms with Gasteiger partial charge < -0.3 is 10.3 Å². The first-order valence-corrected chi connectivity index (χ1v) is 5.49. The van der Waals surface area contributed by atoms with E-state index in [1.165, 1.54) is 22.2 Å². The number of rotatable bonds is 2. The zero-order valence-corrected chi connectivity index (χ0v) is 9.62. The number of aromatic nitrogens is 1. The van der Waals surface area contributed by atoms with Crippen molar-refractivity contribution in [1.29, 1.82) is 0 Å². The minimum Gasteiger partial charge on any atom is -0.345 e. The van der Waals surface area contributed by atoms with Gasteiger partial charge in [-0.05, 0) is 38.5 Å². The molecule has 2 aromatic rings. The molecule has 0 saturated carbocycles. The van der Waals surface area contributed by atoms with Crippen molar-refractivity contribution in [3.8, 4) is 0 Å². The highest BCUT2D eigenvalue weighted by atomic mass is 15.0. The van der Waals surface area contributed by atoms with Crippen LogP contribution in [0.5, 0.6) is 0 Å². The number of hydrogen-bond donors (Lipinski definition) is 1. The second-order valence-corrected chi connectivity index (χ2v) is 4.10. The first-order chi connectivity index (χ1) is 7.15. The van der Waals surface area contributed by atoms with Gasteiger partial charge in [-0.2, -0.15) is 0 Å². The molecular formula is C13H18N2. The highest BCUT2D eigenvalue weighted by Gasteiger charge is 2.09. The van der Waals surface area contributed by atoms with Crippen LogP contribution in [0.4, 0.5) is 0 Å². The molecule has 1 atom stereocenters. The maximum Gasteiger partial charge on any atom is 0.0485 e. The van der Waals surface area contributed by atoms with Crippen molar-refractivity contribution in [2.45, 2.75) is 33.4 Å². The molecule has 1 heterocycles. The van der Waals surface area contributed by atoms with E-state index in [2.05, 4.69) is 42.7 Å². The number of nitrogens with two attached hydrogens (primary N) is 1.